The van der Waals surface area contributed by atoms with Crippen molar-refractivity contribution < 1.29 is 13.9 Å². The molecule has 9 heteroatoms. The van der Waals surface area contributed by atoms with Gasteiger partial charge in [-0.2, -0.15) is 5.26 Å². The molecular weight excluding hydrogens is 472 g/mol. The number of hydrogen-bond donors (Lipinski definition) is 1. The standard InChI is InChI=1S/C23H24Cl2FN3O2S/c24-17-4-6-22(20(25)8-17)32-29-13-23(14-29,12-28-11-19-2-1-7-30-19)15-31-18-5-3-16(10-27)21(26)9-18/h3-6,8-9,19,28H,1-2,7,11-15H2. The highest BCUT2D eigenvalue weighted by Crippen LogP contribution is 2.41. The summed E-state index contributed by atoms with van der Waals surface area (Å²) in [4.78, 5) is 0.951. The minimum atomic E-state index is -0.571. The van der Waals surface area contributed by atoms with Crippen LogP contribution in [0.25, 0.3) is 0 Å². The van der Waals surface area contributed by atoms with Crippen LogP contribution in [-0.2, 0) is 4.74 Å². The van der Waals surface area contributed by atoms with E-state index in [0.717, 1.165) is 50.5 Å². The SMILES string of the molecule is N#Cc1ccc(OCC2(CNCC3CCCO3)CN(Sc3ccc(Cl)cc3Cl)C2)cc1F. The van der Waals surface area contributed by atoms with Crippen molar-refractivity contribution in [2.75, 3.05) is 39.4 Å². The highest BCUT2D eigenvalue weighted by Gasteiger charge is 2.44. The Morgan fingerprint density at radius 3 is 2.81 bits per heavy atom. The molecule has 1 atom stereocenters. The van der Waals surface area contributed by atoms with Crippen molar-refractivity contribution in [3.05, 3.63) is 57.8 Å². The van der Waals surface area contributed by atoms with Gasteiger partial charge in [-0.3, -0.25) is 0 Å². The second-order valence-corrected chi connectivity index (χ2v) is 10.3. The van der Waals surface area contributed by atoms with Gasteiger partial charge in [0.1, 0.15) is 17.6 Å². The Kier molecular flexibility index (Phi) is 7.83. The summed E-state index contributed by atoms with van der Waals surface area (Å²) in [5.41, 5.74) is -0.120. The molecule has 0 radical (unpaired) electrons. The molecule has 5 nitrogen and oxygen atoms in total. The number of hydrogen-bond acceptors (Lipinski definition) is 6. The zero-order valence-corrected chi connectivity index (χ0v) is 19.8. The topological polar surface area (TPSA) is 57.5 Å². The molecule has 2 aromatic carbocycles. The molecule has 2 aliphatic rings. The Bertz CT molecular complexity index is 992. The number of ether oxygens (including phenoxy) is 2. The Labute approximate surface area is 201 Å². The molecule has 2 saturated heterocycles. The van der Waals surface area contributed by atoms with Gasteiger partial charge in [-0.15, -0.1) is 0 Å². The first-order chi connectivity index (χ1) is 15.5. The van der Waals surface area contributed by atoms with Gasteiger partial charge in [0.15, 0.2) is 0 Å². The fourth-order valence-electron chi connectivity index (χ4n) is 3.93. The minimum absolute atomic E-state index is 0.0105. The van der Waals surface area contributed by atoms with E-state index in [-0.39, 0.29) is 17.1 Å². The minimum Gasteiger partial charge on any atom is -0.493 e. The van der Waals surface area contributed by atoms with Crippen LogP contribution >= 0.6 is 35.1 Å². The van der Waals surface area contributed by atoms with Crippen LogP contribution in [0.1, 0.15) is 18.4 Å². The molecule has 2 aliphatic heterocycles. The van der Waals surface area contributed by atoms with Crippen molar-refractivity contribution in [1.82, 2.24) is 9.62 Å². The molecule has 4 rings (SSSR count). The number of nitriles is 1. The Balaban J connectivity index is 1.37. The maximum absolute atomic E-state index is 13.9. The Morgan fingerprint density at radius 2 is 2.12 bits per heavy atom. The molecule has 170 valence electrons. The lowest BCUT2D eigenvalue weighted by atomic mass is 9.82. The number of halogens is 3. The van der Waals surface area contributed by atoms with Crippen LogP contribution in [0.3, 0.4) is 0 Å². The first-order valence-electron chi connectivity index (χ1n) is 10.5. The maximum atomic E-state index is 13.9. The highest BCUT2D eigenvalue weighted by atomic mass is 35.5. The molecule has 0 aliphatic carbocycles. The molecule has 2 aromatic rings. The summed E-state index contributed by atoms with van der Waals surface area (Å²) in [5.74, 6) is -0.148. The van der Waals surface area contributed by atoms with E-state index < -0.39 is 5.82 Å². The van der Waals surface area contributed by atoms with E-state index in [9.17, 15) is 4.39 Å². The zero-order valence-electron chi connectivity index (χ0n) is 17.5. The molecule has 32 heavy (non-hydrogen) atoms. The van der Waals surface area contributed by atoms with E-state index in [0.29, 0.717) is 22.4 Å². The lowest BCUT2D eigenvalue weighted by Gasteiger charge is -2.49. The van der Waals surface area contributed by atoms with E-state index in [1.54, 1.807) is 24.1 Å². The smallest absolute Gasteiger partial charge is 0.144 e. The Hall–Kier alpha value is -1.53. The second-order valence-electron chi connectivity index (χ2n) is 8.27. The summed E-state index contributed by atoms with van der Waals surface area (Å²) < 4.78 is 27.8. The quantitative estimate of drug-likeness (QED) is 0.484. The molecule has 1 unspecified atom stereocenters. The van der Waals surface area contributed by atoms with E-state index >= 15 is 0 Å². The average molecular weight is 496 g/mol. The molecule has 0 saturated carbocycles. The largest absolute Gasteiger partial charge is 0.493 e. The lowest BCUT2D eigenvalue weighted by molar-refractivity contribution is 0.0215. The summed E-state index contributed by atoms with van der Waals surface area (Å²) in [7, 11) is 0. The van der Waals surface area contributed by atoms with Crippen molar-refractivity contribution >= 4 is 35.1 Å². The van der Waals surface area contributed by atoms with Crippen LogP contribution < -0.4 is 10.1 Å². The van der Waals surface area contributed by atoms with Crippen molar-refractivity contribution in [1.29, 1.82) is 5.26 Å². The van der Waals surface area contributed by atoms with Gasteiger partial charge in [-0.05, 0) is 55.1 Å². The van der Waals surface area contributed by atoms with Crippen LogP contribution in [0.4, 0.5) is 4.39 Å². The van der Waals surface area contributed by atoms with Crippen molar-refractivity contribution in [2.45, 2.75) is 23.8 Å². The van der Waals surface area contributed by atoms with Crippen molar-refractivity contribution in [3.63, 3.8) is 0 Å². The van der Waals surface area contributed by atoms with Crippen molar-refractivity contribution in [3.8, 4) is 11.8 Å². The third kappa shape index (κ3) is 5.88. The van der Waals surface area contributed by atoms with Crippen LogP contribution in [0.2, 0.25) is 10.0 Å². The van der Waals surface area contributed by atoms with E-state index in [1.165, 1.54) is 12.1 Å². The summed E-state index contributed by atoms with van der Waals surface area (Å²) in [6, 6.07) is 11.7. The third-order valence-electron chi connectivity index (χ3n) is 5.65. The van der Waals surface area contributed by atoms with E-state index in [4.69, 9.17) is 37.9 Å². The number of nitrogens with zero attached hydrogens (tertiary/aromatic N) is 2. The molecule has 0 aromatic heterocycles. The van der Waals surface area contributed by atoms with E-state index in [1.807, 2.05) is 18.2 Å². The summed E-state index contributed by atoms with van der Waals surface area (Å²) in [6.45, 7) is 4.40. The normalized spacial score (nSPS) is 20.0. The van der Waals surface area contributed by atoms with Crippen molar-refractivity contribution in [2.24, 2.45) is 5.41 Å². The fourth-order valence-corrected chi connectivity index (χ4v) is 5.67. The fraction of sp³-hybridized carbons (Fsp3) is 0.435. The van der Waals surface area contributed by atoms with E-state index in [2.05, 4.69) is 9.62 Å². The molecule has 0 bridgehead atoms. The van der Waals surface area contributed by atoms with Gasteiger partial charge < -0.3 is 14.8 Å². The van der Waals surface area contributed by atoms with Crippen LogP contribution in [-0.4, -0.2) is 49.8 Å². The lowest BCUT2D eigenvalue weighted by Crippen LogP contribution is -2.61. The molecule has 0 amide bonds. The predicted octanol–water partition coefficient (Wildman–Crippen LogP) is 5.16. The number of nitrogens with one attached hydrogen (secondary N) is 1. The van der Waals surface area contributed by atoms with Gasteiger partial charge >= 0.3 is 0 Å². The summed E-state index contributed by atoms with van der Waals surface area (Å²) >= 11 is 13.9. The first-order valence-corrected chi connectivity index (χ1v) is 12.0. The van der Waals surface area contributed by atoms with Gasteiger partial charge in [0, 0.05) is 54.2 Å². The Morgan fingerprint density at radius 1 is 1.28 bits per heavy atom. The molecule has 2 heterocycles. The second kappa shape index (κ2) is 10.6. The van der Waals surface area contributed by atoms with Gasteiger partial charge in [0.2, 0.25) is 0 Å². The number of rotatable bonds is 9. The number of benzene rings is 2. The monoisotopic (exact) mass is 495 g/mol. The average Bonchev–Trinajstić information content (AvgIpc) is 3.26. The van der Waals surface area contributed by atoms with Gasteiger partial charge in [-0.25, -0.2) is 8.70 Å². The van der Waals surface area contributed by atoms with Crippen LogP contribution in [0, 0.1) is 22.6 Å². The molecular formula is C23H24Cl2FN3O2S. The predicted molar refractivity (Wildman–Crippen MR) is 125 cm³/mol. The van der Waals surface area contributed by atoms with Gasteiger partial charge in [-0.1, -0.05) is 23.2 Å². The molecule has 2 fully saturated rings. The van der Waals surface area contributed by atoms with Crippen LogP contribution in [0.5, 0.6) is 5.75 Å². The third-order valence-corrected chi connectivity index (χ3v) is 7.38. The van der Waals surface area contributed by atoms with Crippen LogP contribution in [0.15, 0.2) is 41.3 Å². The molecule has 0 spiro atoms. The maximum Gasteiger partial charge on any atom is 0.144 e. The van der Waals surface area contributed by atoms with Gasteiger partial charge in [0.25, 0.3) is 0 Å². The summed E-state index contributed by atoms with van der Waals surface area (Å²) in [5, 5.41) is 13.7. The summed E-state index contributed by atoms with van der Waals surface area (Å²) in [6.07, 6.45) is 2.45. The van der Waals surface area contributed by atoms with Gasteiger partial charge in [0.05, 0.1) is 23.3 Å². The first kappa shape index (κ1) is 23.6. The highest BCUT2D eigenvalue weighted by molar-refractivity contribution is 7.97. The zero-order chi connectivity index (χ0) is 22.6. The molecule has 1 N–H and O–H groups in total.